The fourth-order valence-electron chi connectivity index (χ4n) is 2.53. The highest BCUT2D eigenvalue weighted by Gasteiger charge is 2.13. The molecule has 0 saturated heterocycles. The number of benzene rings is 2. The molecule has 3 rings (SSSR count). The van der Waals surface area contributed by atoms with Crippen LogP contribution in [0.3, 0.4) is 0 Å². The van der Waals surface area contributed by atoms with Gasteiger partial charge < -0.3 is 10.8 Å². The van der Waals surface area contributed by atoms with Crippen LogP contribution in [-0.2, 0) is 11.2 Å². The molecule has 3 aromatic rings. The summed E-state index contributed by atoms with van der Waals surface area (Å²) >= 11 is 12.5. The van der Waals surface area contributed by atoms with E-state index >= 15 is 0 Å². The average Bonchev–Trinajstić information content (AvgIpc) is 2.54. The van der Waals surface area contributed by atoms with Crippen molar-refractivity contribution in [1.82, 2.24) is 4.98 Å². The molecule has 0 aliphatic rings. The van der Waals surface area contributed by atoms with Gasteiger partial charge in [0.2, 0.25) is 0 Å². The molecule has 0 aliphatic heterocycles. The van der Waals surface area contributed by atoms with Gasteiger partial charge in [-0.15, -0.1) is 0 Å². The van der Waals surface area contributed by atoms with Gasteiger partial charge in [-0.25, -0.2) is 4.98 Å². The third kappa shape index (κ3) is 3.36. The van der Waals surface area contributed by atoms with Gasteiger partial charge in [0.05, 0.1) is 21.3 Å². The molecule has 0 spiro atoms. The van der Waals surface area contributed by atoms with Gasteiger partial charge >= 0.3 is 5.97 Å². The number of nitrogens with two attached hydrogens (primary N) is 1. The number of fused-ring (bicyclic) bond motifs is 1. The SMILES string of the molecule is NC(Cc1ccc2nc(-c3c(Cl)cccc3Cl)ccc2c1)C(=O)O. The molecule has 0 aliphatic carbocycles. The summed E-state index contributed by atoms with van der Waals surface area (Å²) in [5, 5.41) is 10.9. The lowest BCUT2D eigenvalue weighted by Gasteiger charge is -2.10. The zero-order valence-electron chi connectivity index (χ0n) is 12.5. The van der Waals surface area contributed by atoms with Gasteiger partial charge in [-0.1, -0.05) is 41.4 Å². The van der Waals surface area contributed by atoms with Crippen molar-refractivity contribution in [2.75, 3.05) is 0 Å². The molecule has 2 aromatic carbocycles. The summed E-state index contributed by atoms with van der Waals surface area (Å²) in [5.74, 6) is -1.02. The van der Waals surface area contributed by atoms with E-state index in [2.05, 4.69) is 4.98 Å². The Morgan fingerprint density at radius 3 is 2.50 bits per heavy atom. The quantitative estimate of drug-likeness (QED) is 0.732. The summed E-state index contributed by atoms with van der Waals surface area (Å²) in [6.07, 6.45) is 0.267. The van der Waals surface area contributed by atoms with Crippen LogP contribution in [0.15, 0.2) is 48.5 Å². The van der Waals surface area contributed by atoms with Crippen LogP contribution >= 0.6 is 23.2 Å². The Morgan fingerprint density at radius 1 is 1.12 bits per heavy atom. The Balaban J connectivity index is 2.00. The fraction of sp³-hybridized carbons (Fsp3) is 0.111. The second kappa shape index (κ2) is 6.77. The van der Waals surface area contributed by atoms with Crippen LogP contribution in [0.1, 0.15) is 5.56 Å². The van der Waals surface area contributed by atoms with Crippen molar-refractivity contribution in [3.05, 3.63) is 64.1 Å². The molecule has 1 atom stereocenters. The summed E-state index contributed by atoms with van der Waals surface area (Å²) in [5.41, 5.74) is 8.59. The molecule has 1 aromatic heterocycles. The topological polar surface area (TPSA) is 76.2 Å². The molecule has 3 N–H and O–H groups in total. The molecule has 122 valence electrons. The van der Waals surface area contributed by atoms with Crippen LogP contribution in [0.2, 0.25) is 10.0 Å². The van der Waals surface area contributed by atoms with E-state index in [1.165, 1.54) is 0 Å². The van der Waals surface area contributed by atoms with Gasteiger partial charge in [-0.2, -0.15) is 0 Å². The van der Waals surface area contributed by atoms with E-state index in [0.717, 1.165) is 16.5 Å². The summed E-state index contributed by atoms with van der Waals surface area (Å²) in [7, 11) is 0. The van der Waals surface area contributed by atoms with Crippen LogP contribution in [0.5, 0.6) is 0 Å². The van der Waals surface area contributed by atoms with Gasteiger partial charge in [0.1, 0.15) is 6.04 Å². The Bertz CT molecular complexity index is 908. The highest BCUT2D eigenvalue weighted by molar-refractivity contribution is 6.39. The molecule has 4 nitrogen and oxygen atoms in total. The smallest absolute Gasteiger partial charge is 0.320 e. The lowest BCUT2D eigenvalue weighted by Crippen LogP contribution is -2.32. The van der Waals surface area contributed by atoms with Gasteiger partial charge in [-0.05, 0) is 42.3 Å². The molecular weight excluding hydrogens is 347 g/mol. The summed E-state index contributed by atoms with van der Waals surface area (Å²) < 4.78 is 0. The van der Waals surface area contributed by atoms with Crippen LogP contribution < -0.4 is 5.73 Å². The number of hydrogen-bond donors (Lipinski definition) is 2. The van der Waals surface area contributed by atoms with Crippen molar-refractivity contribution < 1.29 is 9.90 Å². The predicted molar refractivity (Wildman–Crippen MR) is 96.5 cm³/mol. The molecule has 0 radical (unpaired) electrons. The van der Waals surface area contributed by atoms with Gasteiger partial charge in [0.25, 0.3) is 0 Å². The average molecular weight is 361 g/mol. The molecule has 0 fully saturated rings. The maximum absolute atomic E-state index is 10.9. The Hall–Kier alpha value is -2.14. The first-order chi connectivity index (χ1) is 11.5. The highest BCUT2D eigenvalue weighted by Crippen LogP contribution is 2.34. The van der Waals surface area contributed by atoms with E-state index in [-0.39, 0.29) is 6.42 Å². The van der Waals surface area contributed by atoms with Crippen molar-refractivity contribution in [2.24, 2.45) is 5.73 Å². The number of rotatable bonds is 4. The molecule has 1 unspecified atom stereocenters. The highest BCUT2D eigenvalue weighted by atomic mass is 35.5. The van der Waals surface area contributed by atoms with Crippen LogP contribution in [-0.4, -0.2) is 22.1 Å². The van der Waals surface area contributed by atoms with E-state index < -0.39 is 12.0 Å². The zero-order valence-corrected chi connectivity index (χ0v) is 14.1. The van der Waals surface area contributed by atoms with Crippen molar-refractivity contribution in [2.45, 2.75) is 12.5 Å². The molecule has 1 heterocycles. The molecule has 0 amide bonds. The molecule has 0 bridgehead atoms. The van der Waals surface area contributed by atoms with Crippen molar-refractivity contribution in [3.8, 4) is 11.3 Å². The molecule has 24 heavy (non-hydrogen) atoms. The Morgan fingerprint density at radius 2 is 1.83 bits per heavy atom. The summed E-state index contributed by atoms with van der Waals surface area (Å²) in [6, 6.07) is 13.7. The normalized spacial score (nSPS) is 12.3. The first kappa shape index (κ1) is 16.7. The maximum atomic E-state index is 10.9. The fourth-order valence-corrected chi connectivity index (χ4v) is 3.12. The number of pyridine rings is 1. The first-order valence-electron chi connectivity index (χ1n) is 7.28. The van der Waals surface area contributed by atoms with Crippen LogP contribution in [0.4, 0.5) is 0 Å². The van der Waals surface area contributed by atoms with Crippen molar-refractivity contribution in [1.29, 1.82) is 0 Å². The number of carbonyl (C=O) groups is 1. The second-order valence-electron chi connectivity index (χ2n) is 5.47. The number of carboxylic acid groups (broad SMARTS) is 1. The van der Waals surface area contributed by atoms with Gasteiger partial charge in [-0.3, -0.25) is 4.79 Å². The number of aliphatic carboxylic acids is 1. The van der Waals surface area contributed by atoms with Crippen LogP contribution in [0.25, 0.3) is 22.2 Å². The van der Waals surface area contributed by atoms with Gasteiger partial charge in [0.15, 0.2) is 0 Å². The third-order valence-electron chi connectivity index (χ3n) is 3.75. The van der Waals surface area contributed by atoms with E-state index in [0.29, 0.717) is 21.3 Å². The maximum Gasteiger partial charge on any atom is 0.320 e. The zero-order chi connectivity index (χ0) is 17.3. The largest absolute Gasteiger partial charge is 0.480 e. The standard InChI is InChI=1S/C18H14Cl2N2O2/c19-12-2-1-3-13(20)17(12)16-7-5-11-8-10(4-6-15(11)22-16)9-14(21)18(23)24/h1-8,14H,9,21H2,(H,23,24). The van der Waals surface area contributed by atoms with Crippen LogP contribution in [0, 0.1) is 0 Å². The summed E-state index contributed by atoms with van der Waals surface area (Å²) in [6.45, 7) is 0. The number of nitrogens with zero attached hydrogens (tertiary/aromatic N) is 1. The lowest BCUT2D eigenvalue weighted by atomic mass is 10.0. The number of aromatic nitrogens is 1. The predicted octanol–water partition coefficient (Wildman–Crippen LogP) is 4.16. The lowest BCUT2D eigenvalue weighted by molar-refractivity contribution is -0.138. The van der Waals surface area contributed by atoms with Crippen molar-refractivity contribution >= 4 is 40.1 Å². The van der Waals surface area contributed by atoms with E-state index in [1.807, 2.05) is 30.3 Å². The minimum atomic E-state index is -1.02. The van der Waals surface area contributed by atoms with E-state index in [4.69, 9.17) is 34.0 Å². The molecule has 6 heteroatoms. The Labute approximate surface area is 148 Å². The van der Waals surface area contributed by atoms with E-state index in [1.54, 1.807) is 18.2 Å². The summed E-state index contributed by atoms with van der Waals surface area (Å²) in [4.78, 5) is 15.5. The third-order valence-corrected chi connectivity index (χ3v) is 4.38. The number of carboxylic acids is 1. The minimum Gasteiger partial charge on any atom is -0.480 e. The first-order valence-corrected chi connectivity index (χ1v) is 8.04. The molecular formula is C18H14Cl2N2O2. The number of hydrogen-bond acceptors (Lipinski definition) is 3. The monoisotopic (exact) mass is 360 g/mol. The number of halogens is 2. The Kier molecular flexibility index (Phi) is 4.71. The van der Waals surface area contributed by atoms with Gasteiger partial charge in [0, 0.05) is 10.9 Å². The van der Waals surface area contributed by atoms with Crippen molar-refractivity contribution in [3.63, 3.8) is 0 Å². The second-order valence-corrected chi connectivity index (χ2v) is 6.28. The molecule has 0 saturated carbocycles. The minimum absolute atomic E-state index is 0.267. The van der Waals surface area contributed by atoms with E-state index in [9.17, 15) is 4.79 Å².